The van der Waals surface area contributed by atoms with Crippen molar-refractivity contribution in [2.45, 2.75) is 24.2 Å². The zero-order valence-corrected chi connectivity index (χ0v) is 20.5. The average molecular weight is 495 g/mol. The van der Waals surface area contributed by atoms with Gasteiger partial charge in [-0.3, -0.25) is 0 Å². The summed E-state index contributed by atoms with van der Waals surface area (Å²) < 4.78 is 32.7. The molecule has 2 N–H and O–H groups in total. The fraction of sp³-hybridized carbons (Fsp3) is 0.308. The van der Waals surface area contributed by atoms with Crippen molar-refractivity contribution in [1.82, 2.24) is 14.3 Å². The number of hydrogen-bond donors (Lipinski definition) is 2. The van der Waals surface area contributed by atoms with Gasteiger partial charge >= 0.3 is 0 Å². The summed E-state index contributed by atoms with van der Waals surface area (Å²) in [7, 11) is -1.90. The van der Waals surface area contributed by atoms with Gasteiger partial charge in [0.25, 0.3) is 0 Å². The molecule has 0 amide bonds. The van der Waals surface area contributed by atoms with Crippen LogP contribution in [0.3, 0.4) is 0 Å². The minimum atomic E-state index is -3.53. The largest absolute Gasteiger partial charge is 0.497 e. The Balaban J connectivity index is 1.35. The predicted molar refractivity (Wildman–Crippen MR) is 137 cm³/mol. The van der Waals surface area contributed by atoms with Crippen LogP contribution in [0.4, 0.5) is 11.6 Å². The van der Waals surface area contributed by atoms with E-state index < -0.39 is 10.0 Å². The van der Waals surface area contributed by atoms with Gasteiger partial charge in [-0.1, -0.05) is 24.3 Å². The van der Waals surface area contributed by atoms with Crippen molar-refractivity contribution in [3.05, 3.63) is 72.1 Å². The van der Waals surface area contributed by atoms with E-state index in [9.17, 15) is 8.42 Å². The van der Waals surface area contributed by atoms with E-state index in [1.807, 2.05) is 36.4 Å². The van der Waals surface area contributed by atoms with E-state index in [1.165, 1.54) is 4.31 Å². The van der Waals surface area contributed by atoms with Crippen molar-refractivity contribution < 1.29 is 18.3 Å². The van der Waals surface area contributed by atoms with Crippen molar-refractivity contribution in [1.29, 1.82) is 0 Å². The smallest absolute Gasteiger partial charge is 0.243 e. The highest BCUT2D eigenvalue weighted by atomic mass is 32.2. The third kappa shape index (κ3) is 6.45. The number of sulfonamides is 1. The number of anilines is 2. The number of aliphatic hydroxyl groups is 1. The summed E-state index contributed by atoms with van der Waals surface area (Å²) in [5.74, 6) is 1.61. The molecule has 8 nitrogen and oxygen atoms in total. The number of hydrogen-bond acceptors (Lipinski definition) is 7. The molecule has 1 aromatic heterocycles. The van der Waals surface area contributed by atoms with E-state index >= 15 is 0 Å². The molecule has 35 heavy (non-hydrogen) atoms. The lowest BCUT2D eigenvalue weighted by atomic mass is 9.95. The fourth-order valence-corrected chi connectivity index (χ4v) is 5.51. The average Bonchev–Trinajstić information content (AvgIpc) is 2.89. The van der Waals surface area contributed by atoms with E-state index in [0.29, 0.717) is 30.6 Å². The lowest BCUT2D eigenvalue weighted by Gasteiger charge is -2.31. The van der Waals surface area contributed by atoms with Crippen LogP contribution in [0.1, 0.15) is 30.4 Å². The van der Waals surface area contributed by atoms with Crippen molar-refractivity contribution in [2.24, 2.45) is 5.92 Å². The van der Waals surface area contributed by atoms with Gasteiger partial charge in [0.05, 0.1) is 12.0 Å². The number of methoxy groups -OCH3 is 1. The SMILES string of the molecule is COc1cccc(C=Cc2cnc(Nc3ccc(S(=O)(=O)N4CCC(CCO)CC4)cc3)nc2)c1. The molecule has 0 unspecified atom stereocenters. The maximum absolute atomic E-state index is 13.0. The standard InChI is InChI=1S/C26H30N4O4S/c1-34-24-4-2-3-21(17-24)5-6-22-18-27-26(28-19-22)29-23-7-9-25(10-8-23)35(32,33)30-14-11-20(12-15-30)13-16-31/h2-10,17-20,31H,11-16H2,1H3,(H,27,28,29). The Kier molecular flexibility index (Phi) is 8.12. The minimum absolute atomic E-state index is 0.151. The van der Waals surface area contributed by atoms with Gasteiger partial charge in [-0.2, -0.15) is 4.31 Å². The van der Waals surface area contributed by atoms with Gasteiger partial charge in [0.15, 0.2) is 0 Å². The van der Waals surface area contributed by atoms with Crippen LogP contribution in [0.2, 0.25) is 0 Å². The van der Waals surface area contributed by atoms with E-state index in [1.54, 1.807) is 43.8 Å². The monoisotopic (exact) mass is 494 g/mol. The number of nitrogens with zero attached hydrogens (tertiary/aromatic N) is 3. The molecule has 2 aromatic carbocycles. The molecule has 1 aliphatic heterocycles. The van der Waals surface area contributed by atoms with Crippen LogP contribution in [0, 0.1) is 5.92 Å². The minimum Gasteiger partial charge on any atom is -0.497 e. The van der Waals surface area contributed by atoms with E-state index in [4.69, 9.17) is 9.84 Å². The van der Waals surface area contributed by atoms with Crippen LogP contribution in [0.5, 0.6) is 5.75 Å². The second-order valence-electron chi connectivity index (χ2n) is 8.46. The summed E-state index contributed by atoms with van der Waals surface area (Å²) in [6.45, 7) is 1.12. The first kappa shape index (κ1) is 24.8. The summed E-state index contributed by atoms with van der Waals surface area (Å²) in [6.07, 6.45) is 9.60. The number of benzene rings is 2. The van der Waals surface area contributed by atoms with Crippen LogP contribution >= 0.6 is 0 Å². The summed E-state index contributed by atoms with van der Waals surface area (Å²) >= 11 is 0. The number of piperidine rings is 1. The Morgan fingerprint density at radius 1 is 1.06 bits per heavy atom. The second-order valence-corrected chi connectivity index (χ2v) is 10.4. The molecule has 0 spiro atoms. The molecule has 1 saturated heterocycles. The normalized spacial score (nSPS) is 15.4. The highest BCUT2D eigenvalue weighted by Gasteiger charge is 2.29. The number of rotatable bonds is 9. The van der Waals surface area contributed by atoms with Crippen molar-refractivity contribution in [2.75, 3.05) is 32.1 Å². The van der Waals surface area contributed by atoms with Crippen LogP contribution in [-0.4, -0.2) is 54.6 Å². The van der Waals surface area contributed by atoms with Crippen LogP contribution < -0.4 is 10.1 Å². The van der Waals surface area contributed by atoms with Gasteiger partial charge in [0.2, 0.25) is 16.0 Å². The van der Waals surface area contributed by atoms with Gasteiger partial charge in [-0.25, -0.2) is 18.4 Å². The summed E-state index contributed by atoms with van der Waals surface area (Å²) in [5, 5.41) is 12.2. The third-order valence-corrected chi connectivity index (χ3v) is 8.01. The highest BCUT2D eigenvalue weighted by Crippen LogP contribution is 2.26. The fourth-order valence-electron chi connectivity index (χ4n) is 4.04. The van der Waals surface area contributed by atoms with E-state index in [-0.39, 0.29) is 11.5 Å². The second kappa shape index (κ2) is 11.4. The maximum atomic E-state index is 13.0. The zero-order valence-electron chi connectivity index (χ0n) is 19.7. The molecule has 0 saturated carbocycles. The summed E-state index contributed by atoms with van der Waals surface area (Å²) in [4.78, 5) is 8.95. The maximum Gasteiger partial charge on any atom is 0.243 e. The zero-order chi connectivity index (χ0) is 24.7. The molecular weight excluding hydrogens is 464 g/mol. The topological polar surface area (TPSA) is 105 Å². The number of aromatic nitrogens is 2. The van der Waals surface area contributed by atoms with Crippen LogP contribution in [0.15, 0.2) is 65.8 Å². The first-order chi connectivity index (χ1) is 17.0. The van der Waals surface area contributed by atoms with Crippen LogP contribution in [-0.2, 0) is 10.0 Å². The molecule has 4 rings (SSSR count). The Morgan fingerprint density at radius 2 is 1.74 bits per heavy atom. The lowest BCUT2D eigenvalue weighted by Crippen LogP contribution is -2.38. The Bertz CT molecular complexity index is 1240. The molecule has 0 aliphatic carbocycles. The summed E-state index contributed by atoms with van der Waals surface area (Å²) in [5.41, 5.74) is 2.56. The highest BCUT2D eigenvalue weighted by molar-refractivity contribution is 7.89. The first-order valence-electron chi connectivity index (χ1n) is 11.6. The number of ether oxygens (including phenoxy) is 1. The molecule has 184 valence electrons. The molecular formula is C26H30N4O4S. The van der Waals surface area contributed by atoms with Crippen molar-refractivity contribution >= 4 is 33.8 Å². The molecule has 9 heteroatoms. The van der Waals surface area contributed by atoms with Crippen molar-refractivity contribution in [3.63, 3.8) is 0 Å². The van der Waals surface area contributed by atoms with Crippen LogP contribution in [0.25, 0.3) is 12.2 Å². The Labute approximate surface area is 206 Å². The van der Waals surface area contributed by atoms with Crippen molar-refractivity contribution in [3.8, 4) is 5.75 Å². The molecule has 3 aromatic rings. The van der Waals surface area contributed by atoms with Gasteiger partial charge in [-0.05, 0) is 67.1 Å². The van der Waals surface area contributed by atoms with Gasteiger partial charge in [0, 0.05) is 43.3 Å². The first-order valence-corrected chi connectivity index (χ1v) is 13.0. The molecule has 0 radical (unpaired) electrons. The summed E-state index contributed by atoms with van der Waals surface area (Å²) in [6, 6.07) is 14.4. The van der Waals surface area contributed by atoms with Gasteiger partial charge < -0.3 is 15.2 Å². The predicted octanol–water partition coefficient (Wildman–Crippen LogP) is 4.18. The molecule has 1 fully saturated rings. The quantitative estimate of drug-likeness (QED) is 0.460. The molecule has 2 heterocycles. The molecule has 0 bridgehead atoms. The third-order valence-electron chi connectivity index (χ3n) is 6.09. The van der Waals surface area contributed by atoms with Gasteiger partial charge in [-0.15, -0.1) is 0 Å². The Hall–Kier alpha value is -3.27. The molecule has 1 aliphatic rings. The lowest BCUT2D eigenvalue weighted by molar-refractivity contribution is 0.208. The number of nitrogens with one attached hydrogen (secondary N) is 1. The molecule has 0 atom stereocenters. The number of aliphatic hydroxyl groups excluding tert-OH is 1. The van der Waals surface area contributed by atoms with Gasteiger partial charge in [0.1, 0.15) is 5.75 Å². The Morgan fingerprint density at radius 3 is 2.40 bits per heavy atom. The van der Waals surface area contributed by atoms with E-state index in [2.05, 4.69) is 15.3 Å². The van der Waals surface area contributed by atoms with E-state index in [0.717, 1.165) is 36.1 Å².